The van der Waals surface area contributed by atoms with Crippen molar-refractivity contribution in [1.29, 1.82) is 0 Å². The molecule has 0 fully saturated rings. The topological polar surface area (TPSA) is 47.3 Å². The molecule has 1 N–H and O–H groups in total. The minimum absolute atomic E-state index is 0.593. The summed E-state index contributed by atoms with van der Waals surface area (Å²) in [5.74, 6) is 0.593. The predicted octanol–water partition coefficient (Wildman–Crippen LogP) is 3.34. The van der Waals surface area contributed by atoms with Crippen LogP contribution in [0.1, 0.15) is 5.69 Å². The van der Waals surface area contributed by atoms with Crippen LogP contribution in [-0.4, -0.2) is 25.2 Å². The van der Waals surface area contributed by atoms with E-state index in [1.54, 1.807) is 13.4 Å². The zero-order chi connectivity index (χ0) is 13.7. The first kappa shape index (κ1) is 14.8. The molecule has 2 rings (SSSR count). The van der Waals surface area contributed by atoms with Crippen LogP contribution in [0.5, 0.6) is 0 Å². The van der Waals surface area contributed by atoms with E-state index >= 15 is 0 Å². The predicted molar refractivity (Wildman–Crippen MR) is 83.2 cm³/mol. The fourth-order valence-corrected chi connectivity index (χ4v) is 2.30. The molecule has 1 aromatic heterocycles. The number of hydrogen-bond donors (Lipinski definition) is 1. The van der Waals surface area contributed by atoms with E-state index in [1.165, 1.54) is 0 Å². The van der Waals surface area contributed by atoms with Gasteiger partial charge in [0.1, 0.15) is 6.26 Å². The lowest BCUT2D eigenvalue weighted by Crippen LogP contribution is -2.18. The number of hydrogen-bond acceptors (Lipinski definition) is 4. The van der Waals surface area contributed by atoms with Gasteiger partial charge in [-0.05, 0) is 40.8 Å². The summed E-state index contributed by atoms with van der Waals surface area (Å²) < 4.78 is 11.5. The van der Waals surface area contributed by atoms with E-state index in [1.807, 2.05) is 18.2 Å². The first-order valence-electron chi connectivity index (χ1n) is 5.80. The van der Waals surface area contributed by atoms with Crippen LogP contribution in [0.2, 0.25) is 5.02 Å². The SMILES string of the molecule is COCCNCc1coc(-c2cc(Cl)ccc2I)n1. The van der Waals surface area contributed by atoms with Crippen molar-refractivity contribution in [3.8, 4) is 11.5 Å². The molecule has 0 aliphatic rings. The molecule has 0 spiro atoms. The van der Waals surface area contributed by atoms with Gasteiger partial charge in [0, 0.05) is 28.8 Å². The van der Waals surface area contributed by atoms with Crippen molar-refractivity contribution in [2.75, 3.05) is 20.3 Å². The smallest absolute Gasteiger partial charge is 0.227 e. The van der Waals surface area contributed by atoms with Crippen LogP contribution in [0, 0.1) is 3.57 Å². The highest BCUT2D eigenvalue weighted by Gasteiger charge is 2.10. The van der Waals surface area contributed by atoms with E-state index in [9.17, 15) is 0 Å². The van der Waals surface area contributed by atoms with Crippen molar-refractivity contribution in [3.05, 3.63) is 38.7 Å². The van der Waals surface area contributed by atoms with Crippen LogP contribution in [-0.2, 0) is 11.3 Å². The Hall–Kier alpha value is -0.630. The first-order valence-corrected chi connectivity index (χ1v) is 7.26. The first-order chi connectivity index (χ1) is 9.20. The lowest BCUT2D eigenvalue weighted by Gasteiger charge is -2.01. The van der Waals surface area contributed by atoms with Gasteiger partial charge in [0.05, 0.1) is 17.9 Å². The molecule has 0 radical (unpaired) electrons. The molecule has 0 aliphatic heterocycles. The van der Waals surface area contributed by atoms with Crippen molar-refractivity contribution in [2.24, 2.45) is 0 Å². The van der Waals surface area contributed by atoms with Crippen molar-refractivity contribution < 1.29 is 9.15 Å². The van der Waals surface area contributed by atoms with E-state index in [2.05, 4.69) is 32.9 Å². The fourth-order valence-electron chi connectivity index (χ4n) is 1.56. The molecule has 0 saturated carbocycles. The second kappa shape index (κ2) is 7.23. The Labute approximate surface area is 130 Å². The van der Waals surface area contributed by atoms with Gasteiger partial charge < -0.3 is 14.5 Å². The second-order valence-electron chi connectivity index (χ2n) is 3.94. The van der Waals surface area contributed by atoms with Gasteiger partial charge in [-0.15, -0.1) is 0 Å². The number of oxazole rings is 1. The van der Waals surface area contributed by atoms with Crippen LogP contribution in [0.3, 0.4) is 0 Å². The molecule has 4 nitrogen and oxygen atoms in total. The summed E-state index contributed by atoms with van der Waals surface area (Å²) >= 11 is 8.23. The zero-order valence-electron chi connectivity index (χ0n) is 10.5. The molecule has 0 atom stereocenters. The maximum absolute atomic E-state index is 5.99. The molecule has 0 aliphatic carbocycles. The van der Waals surface area contributed by atoms with Crippen LogP contribution >= 0.6 is 34.2 Å². The number of nitrogens with one attached hydrogen (secondary N) is 1. The minimum atomic E-state index is 0.593. The lowest BCUT2D eigenvalue weighted by atomic mass is 10.2. The third kappa shape index (κ3) is 4.17. The lowest BCUT2D eigenvalue weighted by molar-refractivity contribution is 0.199. The number of aromatic nitrogens is 1. The molecule has 6 heteroatoms. The summed E-state index contributed by atoms with van der Waals surface area (Å²) in [5.41, 5.74) is 1.78. The van der Waals surface area contributed by atoms with Crippen molar-refractivity contribution in [1.82, 2.24) is 10.3 Å². The standard InChI is InChI=1S/C13H14ClIN2O2/c1-18-5-4-16-7-10-8-19-13(17-10)11-6-9(14)2-3-12(11)15/h2-3,6,8,16H,4-5,7H2,1H3. The Morgan fingerprint density at radius 1 is 1.47 bits per heavy atom. The molecule has 0 unspecified atom stereocenters. The number of ether oxygens (including phenoxy) is 1. The van der Waals surface area contributed by atoms with Gasteiger partial charge in [0.2, 0.25) is 5.89 Å². The van der Waals surface area contributed by atoms with Gasteiger partial charge in [-0.3, -0.25) is 0 Å². The largest absolute Gasteiger partial charge is 0.444 e. The summed E-state index contributed by atoms with van der Waals surface area (Å²) in [6, 6.07) is 5.65. The van der Waals surface area contributed by atoms with E-state index in [4.69, 9.17) is 20.8 Å². The van der Waals surface area contributed by atoms with Gasteiger partial charge in [-0.2, -0.15) is 0 Å². The van der Waals surface area contributed by atoms with Gasteiger partial charge in [-0.25, -0.2) is 4.98 Å². The summed E-state index contributed by atoms with van der Waals surface area (Å²) in [4.78, 5) is 4.45. The van der Waals surface area contributed by atoms with E-state index in [-0.39, 0.29) is 0 Å². The quantitative estimate of drug-likeness (QED) is 0.605. The molecule has 19 heavy (non-hydrogen) atoms. The Balaban J connectivity index is 2.06. The van der Waals surface area contributed by atoms with Crippen LogP contribution in [0.25, 0.3) is 11.5 Å². The maximum Gasteiger partial charge on any atom is 0.227 e. The van der Waals surface area contributed by atoms with Crippen LogP contribution in [0.4, 0.5) is 0 Å². The normalized spacial score (nSPS) is 10.9. The molecule has 1 heterocycles. The average molecular weight is 393 g/mol. The maximum atomic E-state index is 5.99. The summed E-state index contributed by atoms with van der Waals surface area (Å²) in [6.07, 6.45) is 1.66. The van der Waals surface area contributed by atoms with Crippen molar-refractivity contribution in [2.45, 2.75) is 6.54 Å². The molecule has 0 saturated heterocycles. The molecular weight excluding hydrogens is 379 g/mol. The molecule has 0 amide bonds. The molecule has 0 bridgehead atoms. The van der Waals surface area contributed by atoms with E-state index in [0.29, 0.717) is 24.1 Å². The molecule has 2 aromatic rings. The molecular formula is C13H14ClIN2O2. The Morgan fingerprint density at radius 3 is 3.11 bits per heavy atom. The summed E-state index contributed by atoms with van der Waals surface area (Å²) in [7, 11) is 1.68. The molecule has 102 valence electrons. The van der Waals surface area contributed by atoms with E-state index < -0.39 is 0 Å². The highest BCUT2D eigenvalue weighted by Crippen LogP contribution is 2.27. The van der Waals surface area contributed by atoms with Gasteiger partial charge >= 0.3 is 0 Å². The average Bonchev–Trinajstić information content (AvgIpc) is 2.86. The number of methoxy groups -OCH3 is 1. The van der Waals surface area contributed by atoms with Crippen molar-refractivity contribution >= 4 is 34.2 Å². The monoisotopic (exact) mass is 392 g/mol. The minimum Gasteiger partial charge on any atom is -0.444 e. The number of nitrogens with zero attached hydrogens (tertiary/aromatic N) is 1. The Kier molecular flexibility index (Phi) is 5.62. The summed E-state index contributed by atoms with van der Waals surface area (Å²) in [5, 5.41) is 3.89. The third-order valence-electron chi connectivity index (χ3n) is 2.50. The highest BCUT2D eigenvalue weighted by atomic mass is 127. The second-order valence-corrected chi connectivity index (χ2v) is 5.54. The number of benzene rings is 1. The number of rotatable bonds is 6. The van der Waals surface area contributed by atoms with Gasteiger partial charge in [0.15, 0.2) is 0 Å². The highest BCUT2D eigenvalue weighted by molar-refractivity contribution is 14.1. The Morgan fingerprint density at radius 2 is 2.32 bits per heavy atom. The fraction of sp³-hybridized carbons (Fsp3) is 0.308. The zero-order valence-corrected chi connectivity index (χ0v) is 13.4. The van der Waals surface area contributed by atoms with Crippen LogP contribution < -0.4 is 5.32 Å². The van der Waals surface area contributed by atoms with Gasteiger partial charge in [-0.1, -0.05) is 11.6 Å². The van der Waals surface area contributed by atoms with Crippen LogP contribution in [0.15, 0.2) is 28.9 Å². The summed E-state index contributed by atoms with van der Waals surface area (Å²) in [6.45, 7) is 2.12. The van der Waals surface area contributed by atoms with Gasteiger partial charge in [0.25, 0.3) is 0 Å². The van der Waals surface area contributed by atoms with Crippen molar-refractivity contribution in [3.63, 3.8) is 0 Å². The number of halogens is 2. The Bertz CT molecular complexity index is 545. The molecule has 1 aromatic carbocycles. The van der Waals surface area contributed by atoms with E-state index in [0.717, 1.165) is 21.4 Å². The third-order valence-corrected chi connectivity index (χ3v) is 3.68.